The Bertz CT molecular complexity index is 416. The molecule has 4 nitrogen and oxygen atoms in total. The molecule has 1 rings (SSSR count). The monoisotopic (exact) mass is 249 g/mol. The van der Waals surface area contributed by atoms with Crippen LogP contribution in [0.1, 0.15) is 43.2 Å². The molecule has 0 aliphatic rings. The summed E-state index contributed by atoms with van der Waals surface area (Å²) in [6.45, 7) is 8.85. The van der Waals surface area contributed by atoms with Gasteiger partial charge < -0.3 is 10.2 Å². The zero-order valence-corrected chi connectivity index (χ0v) is 11.9. The fraction of sp³-hybridized carbons (Fsp3) is 0.571. The highest BCUT2D eigenvalue weighted by Gasteiger charge is 2.18. The first-order chi connectivity index (χ1) is 8.49. The zero-order valence-electron chi connectivity index (χ0n) is 11.9. The van der Waals surface area contributed by atoms with Crippen molar-refractivity contribution in [2.24, 2.45) is 0 Å². The van der Waals surface area contributed by atoms with Crippen LogP contribution < -0.4 is 5.32 Å². The van der Waals surface area contributed by atoms with Crippen LogP contribution >= 0.6 is 0 Å². The second-order valence-electron chi connectivity index (χ2n) is 4.72. The number of carbonyl (C=O) groups excluding carboxylic acids is 1. The molecule has 18 heavy (non-hydrogen) atoms. The van der Waals surface area contributed by atoms with Crippen molar-refractivity contribution in [3.8, 4) is 0 Å². The SMILES string of the molecule is CCCN(C(=O)c1cc(C)nc(NC)c1)C(C)C. The molecule has 0 bridgehead atoms. The van der Waals surface area contributed by atoms with Crippen molar-refractivity contribution in [1.82, 2.24) is 9.88 Å². The van der Waals surface area contributed by atoms with Gasteiger partial charge in [0.25, 0.3) is 5.91 Å². The smallest absolute Gasteiger partial charge is 0.254 e. The van der Waals surface area contributed by atoms with Gasteiger partial charge in [0.05, 0.1) is 0 Å². The number of rotatable bonds is 5. The van der Waals surface area contributed by atoms with E-state index >= 15 is 0 Å². The molecular weight excluding hydrogens is 226 g/mol. The van der Waals surface area contributed by atoms with Gasteiger partial charge in [-0.05, 0) is 39.3 Å². The van der Waals surface area contributed by atoms with E-state index in [0.717, 1.165) is 24.5 Å². The van der Waals surface area contributed by atoms with Gasteiger partial charge in [-0.3, -0.25) is 4.79 Å². The number of hydrogen-bond acceptors (Lipinski definition) is 3. The van der Waals surface area contributed by atoms with Crippen LogP contribution in [0.15, 0.2) is 12.1 Å². The Balaban J connectivity index is 3.04. The number of anilines is 1. The summed E-state index contributed by atoms with van der Waals surface area (Å²) in [4.78, 5) is 18.7. The van der Waals surface area contributed by atoms with E-state index < -0.39 is 0 Å². The van der Waals surface area contributed by atoms with Crippen molar-refractivity contribution in [3.63, 3.8) is 0 Å². The molecule has 0 saturated heterocycles. The zero-order chi connectivity index (χ0) is 13.7. The molecule has 1 amide bonds. The number of carbonyl (C=O) groups is 1. The van der Waals surface area contributed by atoms with Gasteiger partial charge in [-0.1, -0.05) is 6.92 Å². The normalized spacial score (nSPS) is 10.6. The van der Waals surface area contributed by atoms with Crippen molar-refractivity contribution in [3.05, 3.63) is 23.4 Å². The van der Waals surface area contributed by atoms with Crippen molar-refractivity contribution in [2.45, 2.75) is 40.2 Å². The van der Waals surface area contributed by atoms with Gasteiger partial charge in [-0.15, -0.1) is 0 Å². The van der Waals surface area contributed by atoms with Gasteiger partial charge >= 0.3 is 0 Å². The molecule has 0 aliphatic carbocycles. The standard InChI is InChI=1S/C14H23N3O/c1-6-7-17(10(2)3)14(18)12-8-11(4)16-13(9-12)15-5/h8-10H,6-7H2,1-5H3,(H,15,16). The molecule has 0 spiro atoms. The largest absolute Gasteiger partial charge is 0.373 e. The first kappa shape index (κ1) is 14.5. The average Bonchev–Trinajstić information content (AvgIpc) is 2.33. The maximum absolute atomic E-state index is 12.5. The van der Waals surface area contributed by atoms with Crippen LogP contribution in [0.3, 0.4) is 0 Å². The molecular formula is C14H23N3O. The summed E-state index contributed by atoms with van der Waals surface area (Å²) in [6, 6.07) is 3.86. The van der Waals surface area contributed by atoms with Crippen LogP contribution in [-0.2, 0) is 0 Å². The summed E-state index contributed by atoms with van der Waals surface area (Å²) >= 11 is 0. The Hall–Kier alpha value is -1.58. The summed E-state index contributed by atoms with van der Waals surface area (Å²) in [5.74, 6) is 0.812. The third-order valence-electron chi connectivity index (χ3n) is 2.81. The van der Waals surface area contributed by atoms with Gasteiger partial charge in [0.1, 0.15) is 5.82 Å². The Morgan fingerprint density at radius 3 is 2.61 bits per heavy atom. The summed E-state index contributed by atoms with van der Waals surface area (Å²) in [5, 5.41) is 2.98. The third kappa shape index (κ3) is 3.45. The van der Waals surface area contributed by atoms with E-state index in [1.165, 1.54) is 0 Å². The van der Waals surface area contributed by atoms with E-state index in [1.807, 2.05) is 38.8 Å². The van der Waals surface area contributed by atoms with E-state index in [-0.39, 0.29) is 11.9 Å². The van der Waals surface area contributed by atoms with Crippen molar-refractivity contribution < 1.29 is 4.79 Å². The van der Waals surface area contributed by atoms with E-state index in [9.17, 15) is 4.79 Å². The molecule has 0 aromatic carbocycles. The summed E-state index contributed by atoms with van der Waals surface area (Å²) in [7, 11) is 1.81. The molecule has 0 unspecified atom stereocenters. The van der Waals surface area contributed by atoms with Crippen molar-refractivity contribution in [1.29, 1.82) is 0 Å². The van der Waals surface area contributed by atoms with Gasteiger partial charge in [-0.2, -0.15) is 0 Å². The fourth-order valence-corrected chi connectivity index (χ4v) is 1.92. The van der Waals surface area contributed by atoms with Crippen LogP contribution in [0.2, 0.25) is 0 Å². The van der Waals surface area contributed by atoms with Crippen LogP contribution in [0.25, 0.3) is 0 Å². The van der Waals surface area contributed by atoms with Gasteiger partial charge in [-0.25, -0.2) is 4.98 Å². The van der Waals surface area contributed by atoms with Gasteiger partial charge in [0, 0.05) is 30.9 Å². The van der Waals surface area contributed by atoms with E-state index in [2.05, 4.69) is 17.2 Å². The summed E-state index contributed by atoms with van der Waals surface area (Å²) in [6.07, 6.45) is 0.965. The Morgan fingerprint density at radius 1 is 1.44 bits per heavy atom. The summed E-state index contributed by atoms with van der Waals surface area (Å²) < 4.78 is 0. The third-order valence-corrected chi connectivity index (χ3v) is 2.81. The molecule has 0 fully saturated rings. The lowest BCUT2D eigenvalue weighted by Gasteiger charge is -2.26. The molecule has 1 heterocycles. The van der Waals surface area contributed by atoms with Crippen LogP contribution in [0, 0.1) is 6.92 Å². The molecule has 0 atom stereocenters. The molecule has 0 radical (unpaired) electrons. The molecule has 1 aromatic rings. The molecule has 1 N–H and O–H groups in total. The second-order valence-corrected chi connectivity index (χ2v) is 4.72. The minimum absolute atomic E-state index is 0.0776. The van der Waals surface area contributed by atoms with Crippen molar-refractivity contribution in [2.75, 3.05) is 18.9 Å². The summed E-state index contributed by atoms with van der Waals surface area (Å²) in [5.41, 5.74) is 1.56. The number of hydrogen-bond donors (Lipinski definition) is 1. The van der Waals surface area contributed by atoms with E-state index in [0.29, 0.717) is 5.56 Å². The fourth-order valence-electron chi connectivity index (χ4n) is 1.92. The maximum atomic E-state index is 12.5. The Kier molecular flexibility index (Phi) is 5.13. The first-order valence-electron chi connectivity index (χ1n) is 6.47. The number of nitrogens with zero attached hydrogens (tertiary/aromatic N) is 2. The average molecular weight is 249 g/mol. The number of aromatic nitrogens is 1. The van der Waals surface area contributed by atoms with E-state index in [1.54, 1.807) is 6.07 Å². The van der Waals surface area contributed by atoms with Crippen molar-refractivity contribution >= 4 is 11.7 Å². The second kappa shape index (κ2) is 6.38. The quantitative estimate of drug-likeness (QED) is 0.872. The lowest BCUT2D eigenvalue weighted by Crippen LogP contribution is -2.37. The predicted octanol–water partition coefficient (Wildman–Crippen LogP) is 2.69. The number of aryl methyl sites for hydroxylation is 1. The topological polar surface area (TPSA) is 45.2 Å². The Morgan fingerprint density at radius 2 is 2.11 bits per heavy atom. The molecule has 0 saturated carbocycles. The first-order valence-corrected chi connectivity index (χ1v) is 6.47. The number of pyridine rings is 1. The molecule has 100 valence electrons. The highest BCUT2D eigenvalue weighted by Crippen LogP contribution is 2.14. The lowest BCUT2D eigenvalue weighted by atomic mass is 10.1. The van der Waals surface area contributed by atoms with Crippen LogP contribution in [-0.4, -0.2) is 35.4 Å². The van der Waals surface area contributed by atoms with Crippen LogP contribution in [0.4, 0.5) is 5.82 Å². The maximum Gasteiger partial charge on any atom is 0.254 e. The Labute approximate surface area is 109 Å². The minimum Gasteiger partial charge on any atom is -0.373 e. The highest BCUT2D eigenvalue weighted by molar-refractivity contribution is 5.95. The molecule has 1 aromatic heterocycles. The van der Waals surface area contributed by atoms with Crippen LogP contribution in [0.5, 0.6) is 0 Å². The minimum atomic E-state index is 0.0776. The molecule has 4 heteroatoms. The van der Waals surface area contributed by atoms with E-state index in [4.69, 9.17) is 0 Å². The van der Waals surface area contributed by atoms with Gasteiger partial charge in [0.2, 0.25) is 0 Å². The number of amides is 1. The molecule has 0 aliphatic heterocycles. The highest BCUT2D eigenvalue weighted by atomic mass is 16.2. The predicted molar refractivity (Wildman–Crippen MR) is 75.0 cm³/mol. The number of nitrogens with one attached hydrogen (secondary N) is 1. The van der Waals surface area contributed by atoms with Gasteiger partial charge in [0.15, 0.2) is 0 Å². The lowest BCUT2D eigenvalue weighted by molar-refractivity contribution is 0.0706.